The Morgan fingerprint density at radius 1 is 1.15 bits per heavy atom. The summed E-state index contributed by atoms with van der Waals surface area (Å²) < 4.78 is 28.0. The number of nitrogens with zero attached hydrogens (tertiary/aromatic N) is 1. The lowest BCUT2D eigenvalue weighted by Gasteiger charge is -2.28. The minimum atomic E-state index is -3.80. The van der Waals surface area contributed by atoms with Crippen LogP contribution < -0.4 is 4.72 Å². The number of nitrogens with one attached hydrogen (secondary N) is 1. The van der Waals surface area contributed by atoms with Gasteiger partial charge >= 0.3 is 5.97 Å². The maximum atomic E-state index is 12.7. The summed E-state index contributed by atoms with van der Waals surface area (Å²) in [5, 5.41) is 9.09. The molecule has 0 saturated carbocycles. The van der Waals surface area contributed by atoms with Crippen LogP contribution in [-0.2, 0) is 10.0 Å². The van der Waals surface area contributed by atoms with E-state index in [0.29, 0.717) is 0 Å². The highest BCUT2D eigenvalue weighted by atomic mass is 32.2. The molecule has 1 aliphatic heterocycles. The highest BCUT2D eigenvalue weighted by molar-refractivity contribution is 7.89. The molecule has 0 aromatic heterocycles. The van der Waals surface area contributed by atoms with Crippen LogP contribution >= 0.6 is 0 Å². The summed E-state index contributed by atoms with van der Waals surface area (Å²) in [6, 6.07) is 13.5. The fourth-order valence-electron chi connectivity index (χ4n) is 3.37. The average molecular weight is 388 g/mol. The molecular formula is C20H24N2O4S. The van der Waals surface area contributed by atoms with Crippen LogP contribution in [0.3, 0.4) is 0 Å². The molecule has 7 heteroatoms. The number of carboxylic acid groups (broad SMARTS) is 1. The van der Waals surface area contributed by atoms with Crippen molar-refractivity contribution in [3.8, 4) is 0 Å². The van der Waals surface area contributed by atoms with E-state index in [4.69, 9.17) is 5.11 Å². The van der Waals surface area contributed by atoms with Gasteiger partial charge in [0.25, 0.3) is 0 Å². The number of benzene rings is 2. The number of hydrogen-bond acceptors (Lipinski definition) is 4. The van der Waals surface area contributed by atoms with Gasteiger partial charge in [-0.1, -0.05) is 35.9 Å². The predicted octanol–water partition coefficient (Wildman–Crippen LogP) is 2.81. The third kappa shape index (κ3) is 4.74. The van der Waals surface area contributed by atoms with E-state index in [1.807, 2.05) is 31.2 Å². The molecule has 144 valence electrons. The Hall–Kier alpha value is -2.22. The fraction of sp³-hybridized carbons (Fsp3) is 0.350. The second-order valence-corrected chi connectivity index (χ2v) is 8.62. The summed E-state index contributed by atoms with van der Waals surface area (Å²) >= 11 is 0. The van der Waals surface area contributed by atoms with Gasteiger partial charge in [-0.25, -0.2) is 17.9 Å². The molecular weight excluding hydrogens is 364 g/mol. The number of carbonyl (C=O) groups is 1. The van der Waals surface area contributed by atoms with Gasteiger partial charge in [-0.2, -0.15) is 0 Å². The van der Waals surface area contributed by atoms with Crippen LogP contribution in [0.2, 0.25) is 0 Å². The Morgan fingerprint density at radius 3 is 2.44 bits per heavy atom. The Morgan fingerprint density at radius 2 is 1.81 bits per heavy atom. The Kier molecular flexibility index (Phi) is 5.94. The van der Waals surface area contributed by atoms with Gasteiger partial charge in [0, 0.05) is 12.6 Å². The minimum Gasteiger partial charge on any atom is -0.478 e. The minimum absolute atomic E-state index is 0.0357. The summed E-state index contributed by atoms with van der Waals surface area (Å²) in [7, 11) is -3.80. The summed E-state index contributed by atoms with van der Waals surface area (Å²) in [5.74, 6) is -1.15. The molecule has 0 radical (unpaired) electrons. The quantitative estimate of drug-likeness (QED) is 0.762. The molecule has 0 amide bonds. The second kappa shape index (κ2) is 8.21. The van der Waals surface area contributed by atoms with E-state index in [1.165, 1.54) is 24.3 Å². The summed E-state index contributed by atoms with van der Waals surface area (Å²) in [4.78, 5) is 13.4. The second-order valence-electron chi connectivity index (χ2n) is 6.85. The maximum absolute atomic E-state index is 12.7. The van der Waals surface area contributed by atoms with Crippen molar-refractivity contribution in [3.05, 3.63) is 65.2 Å². The normalized spacial score (nSPS) is 16.3. The van der Waals surface area contributed by atoms with Gasteiger partial charge < -0.3 is 5.11 Å². The lowest BCUT2D eigenvalue weighted by Crippen LogP contribution is -2.36. The Balaban J connectivity index is 1.80. The van der Waals surface area contributed by atoms with Crippen molar-refractivity contribution in [1.82, 2.24) is 9.62 Å². The molecule has 2 N–H and O–H groups in total. The van der Waals surface area contributed by atoms with Gasteiger partial charge in [-0.15, -0.1) is 0 Å². The van der Waals surface area contributed by atoms with Crippen molar-refractivity contribution in [2.45, 2.75) is 30.7 Å². The lowest BCUT2D eigenvalue weighted by atomic mass is 10.0. The van der Waals surface area contributed by atoms with Crippen LogP contribution in [0, 0.1) is 6.92 Å². The van der Waals surface area contributed by atoms with E-state index in [1.54, 1.807) is 0 Å². The first-order valence-corrected chi connectivity index (χ1v) is 10.5. The van der Waals surface area contributed by atoms with Crippen LogP contribution in [0.5, 0.6) is 0 Å². The molecule has 0 bridgehead atoms. The number of rotatable bonds is 7. The molecule has 0 spiro atoms. The van der Waals surface area contributed by atoms with Crippen LogP contribution in [0.1, 0.15) is 40.4 Å². The van der Waals surface area contributed by atoms with Gasteiger partial charge in [0.15, 0.2) is 0 Å². The molecule has 6 nitrogen and oxygen atoms in total. The number of aryl methyl sites for hydroxylation is 1. The standard InChI is InChI=1S/C20H24N2O4S/c1-15-7-9-16(10-8-15)19(22-11-2-3-12-22)14-21-27(25,26)18-6-4-5-17(13-18)20(23)24/h4-10,13,19,21H,2-3,11-12,14H2,1H3,(H,23,24). The van der Waals surface area contributed by atoms with Crippen molar-refractivity contribution in [2.24, 2.45) is 0 Å². The topological polar surface area (TPSA) is 86.7 Å². The van der Waals surface area contributed by atoms with Crippen molar-refractivity contribution in [1.29, 1.82) is 0 Å². The van der Waals surface area contributed by atoms with Gasteiger partial charge in [0.1, 0.15) is 0 Å². The smallest absolute Gasteiger partial charge is 0.335 e. The Labute approximate surface area is 159 Å². The first-order valence-electron chi connectivity index (χ1n) is 9.00. The number of likely N-dealkylation sites (tertiary alicyclic amines) is 1. The first kappa shape index (κ1) is 19.5. The van der Waals surface area contributed by atoms with Crippen LogP contribution in [0.4, 0.5) is 0 Å². The SMILES string of the molecule is Cc1ccc(C(CNS(=O)(=O)c2cccc(C(=O)O)c2)N2CCCC2)cc1. The zero-order valence-electron chi connectivity index (χ0n) is 15.3. The van der Waals surface area contributed by atoms with E-state index in [2.05, 4.69) is 9.62 Å². The van der Waals surface area contributed by atoms with Gasteiger partial charge in [-0.05, 0) is 56.6 Å². The van der Waals surface area contributed by atoms with Gasteiger partial charge in [0.05, 0.1) is 10.5 Å². The molecule has 1 saturated heterocycles. The van der Waals surface area contributed by atoms with E-state index in [-0.39, 0.29) is 23.0 Å². The molecule has 1 unspecified atom stereocenters. The number of sulfonamides is 1. The summed E-state index contributed by atoms with van der Waals surface area (Å²) in [6.45, 7) is 4.14. The average Bonchev–Trinajstić information content (AvgIpc) is 3.18. The molecule has 1 atom stereocenters. The van der Waals surface area contributed by atoms with E-state index in [0.717, 1.165) is 37.1 Å². The number of hydrogen-bond donors (Lipinski definition) is 2. The number of aromatic carboxylic acids is 1. The molecule has 1 fully saturated rings. The zero-order valence-corrected chi connectivity index (χ0v) is 16.1. The third-order valence-electron chi connectivity index (χ3n) is 4.90. The van der Waals surface area contributed by atoms with Gasteiger partial charge in [0.2, 0.25) is 10.0 Å². The van der Waals surface area contributed by atoms with Crippen molar-refractivity contribution in [3.63, 3.8) is 0 Å². The third-order valence-corrected chi connectivity index (χ3v) is 6.32. The maximum Gasteiger partial charge on any atom is 0.335 e. The van der Waals surface area contributed by atoms with Crippen LogP contribution in [-0.4, -0.2) is 44.0 Å². The fourth-order valence-corrected chi connectivity index (χ4v) is 4.45. The Bertz CT molecular complexity index is 904. The summed E-state index contributed by atoms with van der Waals surface area (Å²) in [5.41, 5.74) is 2.18. The first-order chi connectivity index (χ1) is 12.9. The molecule has 1 aliphatic rings. The van der Waals surface area contributed by atoms with E-state index < -0.39 is 16.0 Å². The zero-order chi connectivity index (χ0) is 19.4. The van der Waals surface area contributed by atoms with E-state index in [9.17, 15) is 13.2 Å². The predicted molar refractivity (Wildman–Crippen MR) is 103 cm³/mol. The highest BCUT2D eigenvalue weighted by Gasteiger charge is 2.26. The van der Waals surface area contributed by atoms with Crippen LogP contribution in [0.15, 0.2) is 53.4 Å². The summed E-state index contributed by atoms with van der Waals surface area (Å²) in [6.07, 6.45) is 2.21. The van der Waals surface area contributed by atoms with Crippen molar-refractivity contribution >= 4 is 16.0 Å². The van der Waals surface area contributed by atoms with Crippen LogP contribution in [0.25, 0.3) is 0 Å². The lowest BCUT2D eigenvalue weighted by molar-refractivity contribution is 0.0696. The molecule has 0 aliphatic carbocycles. The van der Waals surface area contributed by atoms with Crippen molar-refractivity contribution < 1.29 is 18.3 Å². The molecule has 2 aromatic rings. The molecule has 1 heterocycles. The molecule has 2 aromatic carbocycles. The number of carboxylic acids is 1. The van der Waals surface area contributed by atoms with Crippen molar-refractivity contribution in [2.75, 3.05) is 19.6 Å². The molecule has 27 heavy (non-hydrogen) atoms. The van der Waals surface area contributed by atoms with E-state index >= 15 is 0 Å². The molecule has 3 rings (SSSR count). The highest BCUT2D eigenvalue weighted by Crippen LogP contribution is 2.25. The largest absolute Gasteiger partial charge is 0.478 e. The van der Waals surface area contributed by atoms with Gasteiger partial charge in [-0.3, -0.25) is 4.90 Å². The monoisotopic (exact) mass is 388 g/mol.